The van der Waals surface area contributed by atoms with Crippen LogP contribution in [0.4, 0.5) is 18.3 Å². The smallest absolute Gasteiger partial charge is 0.375 e. The molecule has 0 aliphatic carbocycles. The number of thioether (sulfide) groups is 1. The van der Waals surface area contributed by atoms with Gasteiger partial charge in [-0.15, -0.1) is 11.8 Å². The number of nitrogen functional groups attached to an aromatic ring is 1. The lowest BCUT2D eigenvalue weighted by Gasteiger charge is -2.08. The third-order valence-corrected chi connectivity index (χ3v) is 4.23. The van der Waals surface area contributed by atoms with Crippen LogP contribution >= 0.6 is 23.1 Å². The van der Waals surface area contributed by atoms with E-state index in [1.54, 1.807) is 12.3 Å². The van der Waals surface area contributed by atoms with Gasteiger partial charge in [0.1, 0.15) is 0 Å². The minimum absolute atomic E-state index is 0.460. The van der Waals surface area contributed by atoms with E-state index in [1.807, 2.05) is 0 Å². The molecule has 2 nitrogen and oxygen atoms in total. The summed E-state index contributed by atoms with van der Waals surface area (Å²) in [7, 11) is 0. The van der Waals surface area contributed by atoms with Crippen LogP contribution < -0.4 is 5.73 Å². The van der Waals surface area contributed by atoms with Crippen LogP contribution in [-0.2, 0) is 11.9 Å². The lowest BCUT2D eigenvalue weighted by Crippen LogP contribution is -2.04. The highest BCUT2D eigenvalue weighted by Gasteiger charge is 2.30. The van der Waals surface area contributed by atoms with E-state index in [1.165, 1.54) is 29.2 Å². The SMILES string of the molecule is Nc1ncc(SCc2cccc(C(F)(F)F)c2)s1. The Morgan fingerprint density at radius 2 is 2.11 bits per heavy atom. The Bertz CT molecular complexity index is 537. The van der Waals surface area contributed by atoms with E-state index in [0.717, 1.165) is 16.3 Å². The number of nitrogens with zero attached hydrogens (tertiary/aromatic N) is 1. The fraction of sp³-hybridized carbons (Fsp3) is 0.182. The molecule has 18 heavy (non-hydrogen) atoms. The first-order valence-corrected chi connectivity index (χ1v) is 6.75. The fourth-order valence-electron chi connectivity index (χ4n) is 1.33. The van der Waals surface area contributed by atoms with Gasteiger partial charge in [0.25, 0.3) is 0 Å². The Hall–Kier alpha value is -1.21. The van der Waals surface area contributed by atoms with Gasteiger partial charge in [-0.3, -0.25) is 0 Å². The lowest BCUT2D eigenvalue weighted by molar-refractivity contribution is -0.137. The number of hydrogen-bond acceptors (Lipinski definition) is 4. The largest absolute Gasteiger partial charge is 0.416 e. The molecule has 0 atom stereocenters. The number of alkyl halides is 3. The molecular weight excluding hydrogens is 281 g/mol. The molecule has 2 aromatic rings. The Morgan fingerprint density at radius 1 is 1.33 bits per heavy atom. The zero-order chi connectivity index (χ0) is 13.2. The van der Waals surface area contributed by atoms with Crippen LogP contribution in [0.15, 0.2) is 34.7 Å². The number of rotatable bonds is 3. The standard InChI is InChI=1S/C11H9F3N2S2/c12-11(13,14)8-3-1-2-7(4-8)6-17-9-5-16-10(15)18-9/h1-5H,6H2,(H2,15,16). The zero-order valence-electron chi connectivity index (χ0n) is 9.07. The van der Waals surface area contributed by atoms with Crippen molar-refractivity contribution < 1.29 is 13.2 Å². The number of nitrogens with two attached hydrogens (primary N) is 1. The first-order valence-electron chi connectivity index (χ1n) is 4.95. The first kappa shape index (κ1) is 13.2. The van der Waals surface area contributed by atoms with Crippen molar-refractivity contribution >= 4 is 28.2 Å². The Morgan fingerprint density at radius 3 is 2.72 bits per heavy atom. The van der Waals surface area contributed by atoms with Crippen molar-refractivity contribution in [2.24, 2.45) is 0 Å². The highest BCUT2D eigenvalue weighted by molar-refractivity contribution is 8.00. The van der Waals surface area contributed by atoms with E-state index >= 15 is 0 Å². The van der Waals surface area contributed by atoms with Gasteiger partial charge in [-0.25, -0.2) is 4.98 Å². The molecule has 2 rings (SSSR count). The molecule has 0 aliphatic rings. The van der Waals surface area contributed by atoms with Crippen LogP contribution in [0.3, 0.4) is 0 Å². The summed E-state index contributed by atoms with van der Waals surface area (Å²) < 4.78 is 38.4. The van der Waals surface area contributed by atoms with Crippen molar-refractivity contribution in [2.75, 3.05) is 5.73 Å². The molecular formula is C11H9F3N2S2. The average Bonchev–Trinajstić information content (AvgIpc) is 2.72. The number of halogens is 3. The summed E-state index contributed by atoms with van der Waals surface area (Å²) in [6.45, 7) is 0. The molecule has 0 aliphatic heterocycles. The van der Waals surface area contributed by atoms with Crippen molar-refractivity contribution in [3.8, 4) is 0 Å². The molecule has 0 amide bonds. The van der Waals surface area contributed by atoms with Crippen molar-refractivity contribution in [3.05, 3.63) is 41.6 Å². The first-order chi connectivity index (χ1) is 8.45. The maximum Gasteiger partial charge on any atom is 0.416 e. The van der Waals surface area contributed by atoms with E-state index in [2.05, 4.69) is 4.98 Å². The van der Waals surface area contributed by atoms with Gasteiger partial charge in [-0.1, -0.05) is 29.5 Å². The molecule has 0 bridgehead atoms. The van der Waals surface area contributed by atoms with E-state index < -0.39 is 11.7 Å². The van der Waals surface area contributed by atoms with Crippen molar-refractivity contribution in [2.45, 2.75) is 16.1 Å². The van der Waals surface area contributed by atoms with E-state index in [0.29, 0.717) is 16.4 Å². The molecule has 0 fully saturated rings. The Labute approximate surface area is 110 Å². The molecule has 1 aromatic heterocycles. The van der Waals surface area contributed by atoms with Gasteiger partial charge in [0.2, 0.25) is 0 Å². The number of thiazole rings is 1. The van der Waals surface area contributed by atoms with Crippen LogP contribution in [0.5, 0.6) is 0 Å². The minimum atomic E-state index is -4.30. The topological polar surface area (TPSA) is 38.9 Å². The maximum absolute atomic E-state index is 12.5. The van der Waals surface area contributed by atoms with E-state index in [4.69, 9.17) is 5.73 Å². The molecule has 1 aromatic carbocycles. The van der Waals surface area contributed by atoms with Gasteiger partial charge >= 0.3 is 6.18 Å². The van der Waals surface area contributed by atoms with Crippen LogP contribution in [0, 0.1) is 0 Å². The van der Waals surface area contributed by atoms with Crippen LogP contribution in [0.1, 0.15) is 11.1 Å². The second-order valence-corrected chi connectivity index (χ2v) is 5.84. The Kier molecular flexibility index (Phi) is 3.82. The van der Waals surface area contributed by atoms with Gasteiger partial charge < -0.3 is 5.73 Å². The predicted molar refractivity (Wildman–Crippen MR) is 67.5 cm³/mol. The van der Waals surface area contributed by atoms with Gasteiger partial charge in [0, 0.05) is 5.75 Å². The van der Waals surface area contributed by atoms with Crippen molar-refractivity contribution in [1.82, 2.24) is 4.98 Å². The summed E-state index contributed by atoms with van der Waals surface area (Å²) in [5.74, 6) is 0.464. The molecule has 0 saturated carbocycles. The molecule has 7 heteroatoms. The maximum atomic E-state index is 12.5. The summed E-state index contributed by atoms with van der Waals surface area (Å²) in [4.78, 5) is 3.88. The van der Waals surface area contributed by atoms with Gasteiger partial charge in [-0.2, -0.15) is 13.2 Å². The summed E-state index contributed by atoms with van der Waals surface area (Å²) in [6, 6.07) is 5.32. The number of aromatic nitrogens is 1. The van der Waals surface area contributed by atoms with E-state index in [-0.39, 0.29) is 0 Å². The monoisotopic (exact) mass is 290 g/mol. The minimum Gasteiger partial charge on any atom is -0.375 e. The highest BCUT2D eigenvalue weighted by Crippen LogP contribution is 2.32. The summed E-state index contributed by atoms with van der Waals surface area (Å²) >= 11 is 2.75. The predicted octanol–water partition coefficient (Wildman–Crippen LogP) is 4.04. The van der Waals surface area contributed by atoms with Gasteiger partial charge in [0.15, 0.2) is 5.13 Å². The van der Waals surface area contributed by atoms with Crippen molar-refractivity contribution in [3.63, 3.8) is 0 Å². The van der Waals surface area contributed by atoms with Crippen LogP contribution in [-0.4, -0.2) is 4.98 Å². The van der Waals surface area contributed by atoms with Gasteiger partial charge in [0.05, 0.1) is 16.0 Å². The summed E-state index contributed by atoms with van der Waals surface area (Å²) in [6.07, 6.45) is -2.67. The fourth-order valence-corrected chi connectivity index (χ4v) is 3.03. The molecule has 96 valence electrons. The normalized spacial score (nSPS) is 11.7. The second-order valence-electron chi connectivity index (χ2n) is 3.50. The molecule has 0 unspecified atom stereocenters. The highest BCUT2D eigenvalue weighted by atomic mass is 32.2. The molecule has 0 radical (unpaired) electrons. The summed E-state index contributed by atoms with van der Waals surface area (Å²) in [5.41, 5.74) is 5.48. The molecule has 2 N–H and O–H groups in total. The zero-order valence-corrected chi connectivity index (χ0v) is 10.7. The molecule has 0 spiro atoms. The number of anilines is 1. The average molecular weight is 290 g/mol. The molecule has 1 heterocycles. The van der Waals surface area contributed by atoms with Crippen LogP contribution in [0.25, 0.3) is 0 Å². The second kappa shape index (κ2) is 5.19. The van der Waals surface area contributed by atoms with Crippen molar-refractivity contribution in [1.29, 1.82) is 0 Å². The third kappa shape index (κ3) is 3.39. The number of hydrogen-bond donors (Lipinski definition) is 1. The number of benzene rings is 1. The van der Waals surface area contributed by atoms with Gasteiger partial charge in [-0.05, 0) is 11.6 Å². The lowest BCUT2D eigenvalue weighted by atomic mass is 10.1. The van der Waals surface area contributed by atoms with Crippen LogP contribution in [0.2, 0.25) is 0 Å². The van der Waals surface area contributed by atoms with E-state index in [9.17, 15) is 13.2 Å². The summed E-state index contributed by atoms with van der Waals surface area (Å²) in [5, 5.41) is 0.460. The molecule has 0 saturated heterocycles. The third-order valence-electron chi connectivity index (χ3n) is 2.14. The quantitative estimate of drug-likeness (QED) is 0.867. The Balaban J connectivity index is 2.06.